The lowest BCUT2D eigenvalue weighted by Crippen LogP contribution is -2.14. The van der Waals surface area contributed by atoms with E-state index in [-0.39, 0.29) is 0 Å². The summed E-state index contributed by atoms with van der Waals surface area (Å²) in [5, 5.41) is 0. The molecule has 2 aromatic rings. The molecule has 5 heteroatoms. The Morgan fingerprint density at radius 1 is 1.27 bits per heavy atom. The Hall–Kier alpha value is -1.11. The fourth-order valence-electron chi connectivity index (χ4n) is 1.35. The summed E-state index contributed by atoms with van der Waals surface area (Å²) in [5.41, 5.74) is 5.56. The summed E-state index contributed by atoms with van der Waals surface area (Å²) >= 11 is 2.21. The van der Waals surface area contributed by atoms with E-state index in [0.717, 1.165) is 20.8 Å². The van der Waals surface area contributed by atoms with E-state index >= 15 is 0 Å². The number of nitrogens with one attached hydrogen (secondary N) is 1. The Balaban J connectivity index is 2.34. The van der Waals surface area contributed by atoms with Crippen molar-refractivity contribution in [3.05, 3.63) is 39.6 Å². The van der Waals surface area contributed by atoms with Crippen molar-refractivity contribution in [2.75, 3.05) is 5.43 Å². The van der Waals surface area contributed by atoms with E-state index in [1.807, 2.05) is 18.5 Å². The van der Waals surface area contributed by atoms with Crippen molar-refractivity contribution < 1.29 is 0 Å². The van der Waals surface area contributed by atoms with Gasteiger partial charge in [0.2, 0.25) is 0 Å². The lowest BCUT2D eigenvalue weighted by atomic mass is 10.5. The number of nitrogens with zero attached hydrogens (tertiary/aromatic N) is 3. The topological polar surface area (TPSA) is 42.7 Å². The van der Waals surface area contributed by atoms with Gasteiger partial charge in [-0.3, -0.25) is 10.1 Å². The first-order chi connectivity index (χ1) is 7.18. The van der Waals surface area contributed by atoms with E-state index in [1.54, 1.807) is 12.5 Å². The van der Waals surface area contributed by atoms with Gasteiger partial charge in [-0.15, -0.1) is 0 Å². The highest BCUT2D eigenvalue weighted by Gasteiger charge is 2.04. The van der Waals surface area contributed by atoms with Gasteiger partial charge >= 0.3 is 0 Å². The van der Waals surface area contributed by atoms with Crippen LogP contribution in [0.2, 0.25) is 0 Å². The zero-order chi connectivity index (χ0) is 10.8. The Kier molecular flexibility index (Phi) is 2.90. The van der Waals surface area contributed by atoms with E-state index in [1.165, 1.54) is 0 Å². The summed E-state index contributed by atoms with van der Waals surface area (Å²) < 4.78 is 3.01. The fourth-order valence-corrected chi connectivity index (χ4v) is 1.77. The molecule has 0 saturated carbocycles. The van der Waals surface area contributed by atoms with Crippen LogP contribution in [0.1, 0.15) is 11.4 Å². The van der Waals surface area contributed by atoms with Crippen molar-refractivity contribution in [2.24, 2.45) is 0 Å². The van der Waals surface area contributed by atoms with Crippen LogP contribution in [0.15, 0.2) is 24.7 Å². The lowest BCUT2D eigenvalue weighted by molar-refractivity contribution is 0.865. The Bertz CT molecular complexity index is 459. The third-order valence-electron chi connectivity index (χ3n) is 2.16. The highest BCUT2D eigenvalue weighted by molar-refractivity contribution is 14.1. The maximum atomic E-state index is 4.18. The first-order valence-electron chi connectivity index (χ1n) is 4.56. The van der Waals surface area contributed by atoms with Gasteiger partial charge in [0.05, 0.1) is 3.57 Å². The first kappa shape index (κ1) is 10.4. The molecule has 4 nitrogen and oxygen atoms in total. The number of hydrogen-bond acceptors (Lipinski definition) is 3. The SMILES string of the molecule is Cc1ccc(C)n1Nc1ncncc1I. The quantitative estimate of drug-likeness (QED) is 0.866. The van der Waals surface area contributed by atoms with Crippen molar-refractivity contribution in [3.63, 3.8) is 0 Å². The maximum absolute atomic E-state index is 4.18. The Morgan fingerprint density at radius 3 is 2.53 bits per heavy atom. The summed E-state index contributed by atoms with van der Waals surface area (Å²) in [4.78, 5) is 8.14. The summed E-state index contributed by atoms with van der Waals surface area (Å²) in [5.74, 6) is 0.827. The molecule has 0 saturated heterocycles. The van der Waals surface area contributed by atoms with E-state index in [2.05, 4.69) is 50.1 Å². The molecule has 2 heterocycles. The predicted molar refractivity (Wildman–Crippen MR) is 67.7 cm³/mol. The molecule has 1 N–H and O–H groups in total. The molecule has 0 amide bonds. The van der Waals surface area contributed by atoms with Crippen LogP contribution in [0.25, 0.3) is 0 Å². The first-order valence-corrected chi connectivity index (χ1v) is 5.64. The van der Waals surface area contributed by atoms with Crippen LogP contribution in [0.4, 0.5) is 5.82 Å². The molecule has 15 heavy (non-hydrogen) atoms. The Morgan fingerprint density at radius 2 is 1.93 bits per heavy atom. The van der Waals surface area contributed by atoms with Gasteiger partial charge < -0.3 is 0 Å². The number of aromatic nitrogens is 3. The van der Waals surface area contributed by atoms with E-state index in [0.29, 0.717) is 0 Å². The number of aryl methyl sites for hydroxylation is 2. The van der Waals surface area contributed by atoms with Crippen molar-refractivity contribution in [2.45, 2.75) is 13.8 Å². The third-order valence-corrected chi connectivity index (χ3v) is 2.95. The van der Waals surface area contributed by atoms with Gasteiger partial charge in [0, 0.05) is 17.6 Å². The number of hydrogen-bond donors (Lipinski definition) is 1. The standard InChI is InChI=1S/C10H11IN4/c1-7-3-4-8(2)15(7)14-10-9(11)5-12-6-13-10/h3-6H,1-2H3,(H,12,13,14). The molecule has 0 aliphatic carbocycles. The lowest BCUT2D eigenvalue weighted by Gasteiger charge is -2.12. The molecule has 78 valence electrons. The maximum Gasteiger partial charge on any atom is 0.161 e. The molecule has 2 rings (SSSR count). The minimum Gasteiger partial charge on any atom is -0.277 e. The van der Waals surface area contributed by atoms with E-state index in [9.17, 15) is 0 Å². The molecule has 0 radical (unpaired) electrons. The van der Waals surface area contributed by atoms with Crippen LogP contribution in [0.5, 0.6) is 0 Å². The van der Waals surface area contributed by atoms with Gasteiger partial charge in [0.15, 0.2) is 5.82 Å². The molecule has 0 aromatic carbocycles. The molecular formula is C10H11IN4. The molecule has 0 aliphatic heterocycles. The zero-order valence-corrected chi connectivity index (χ0v) is 10.7. The molecular weight excluding hydrogens is 303 g/mol. The van der Waals surface area contributed by atoms with E-state index in [4.69, 9.17) is 0 Å². The van der Waals surface area contributed by atoms with Crippen LogP contribution in [0, 0.1) is 17.4 Å². The molecule has 2 aromatic heterocycles. The van der Waals surface area contributed by atoms with Gasteiger partial charge in [0.1, 0.15) is 6.33 Å². The molecule has 0 atom stereocenters. The highest BCUT2D eigenvalue weighted by Crippen LogP contribution is 2.15. The van der Waals surface area contributed by atoms with Crippen LogP contribution >= 0.6 is 22.6 Å². The average Bonchev–Trinajstić information content (AvgIpc) is 2.53. The molecule has 0 spiro atoms. The van der Waals surface area contributed by atoms with Crippen LogP contribution < -0.4 is 5.43 Å². The molecule has 0 aliphatic rings. The summed E-state index contributed by atoms with van der Waals surface area (Å²) in [6, 6.07) is 4.13. The van der Waals surface area contributed by atoms with Crippen molar-refractivity contribution in [1.29, 1.82) is 0 Å². The zero-order valence-electron chi connectivity index (χ0n) is 8.53. The monoisotopic (exact) mass is 314 g/mol. The van der Waals surface area contributed by atoms with Crippen molar-refractivity contribution in [3.8, 4) is 0 Å². The largest absolute Gasteiger partial charge is 0.277 e. The van der Waals surface area contributed by atoms with E-state index < -0.39 is 0 Å². The van der Waals surface area contributed by atoms with Gasteiger partial charge in [0.25, 0.3) is 0 Å². The number of anilines is 1. The van der Waals surface area contributed by atoms with Gasteiger partial charge in [-0.05, 0) is 48.6 Å². The summed E-state index contributed by atoms with van der Waals surface area (Å²) in [6.07, 6.45) is 3.32. The van der Waals surface area contributed by atoms with Gasteiger partial charge in [-0.2, -0.15) is 0 Å². The van der Waals surface area contributed by atoms with Crippen LogP contribution in [0.3, 0.4) is 0 Å². The second-order valence-electron chi connectivity index (χ2n) is 3.28. The van der Waals surface area contributed by atoms with Crippen molar-refractivity contribution in [1.82, 2.24) is 14.6 Å². The van der Waals surface area contributed by atoms with Gasteiger partial charge in [-0.1, -0.05) is 0 Å². The minimum atomic E-state index is 0.827. The molecule has 0 bridgehead atoms. The summed E-state index contributed by atoms with van der Waals surface area (Å²) in [7, 11) is 0. The number of rotatable bonds is 2. The van der Waals surface area contributed by atoms with Gasteiger partial charge in [-0.25, -0.2) is 9.97 Å². The normalized spacial score (nSPS) is 10.3. The molecule has 0 fully saturated rings. The predicted octanol–water partition coefficient (Wildman–Crippen LogP) is 2.37. The minimum absolute atomic E-state index is 0.827. The average molecular weight is 314 g/mol. The van der Waals surface area contributed by atoms with Crippen LogP contribution in [-0.2, 0) is 0 Å². The van der Waals surface area contributed by atoms with Crippen molar-refractivity contribution >= 4 is 28.4 Å². The summed E-state index contributed by atoms with van der Waals surface area (Å²) in [6.45, 7) is 4.10. The Labute approximate surface area is 102 Å². The molecule has 0 unspecified atom stereocenters. The smallest absolute Gasteiger partial charge is 0.161 e. The second-order valence-corrected chi connectivity index (χ2v) is 4.44. The highest BCUT2D eigenvalue weighted by atomic mass is 127. The fraction of sp³-hybridized carbons (Fsp3) is 0.200. The number of halogens is 1. The van der Waals surface area contributed by atoms with Crippen LogP contribution in [-0.4, -0.2) is 14.6 Å². The third kappa shape index (κ3) is 2.11. The second kappa shape index (κ2) is 4.18.